The lowest BCUT2D eigenvalue weighted by molar-refractivity contribution is -0.159. The quantitative estimate of drug-likeness (QED) is 0.235. The standard InChI is InChI=1S/C23H21ClN2O3.C2H2O4/c24-18-11-12-20(19(13-18)23(29)17-9-5-2-6-10-17)26-22(28)14-25-21(15-27)16-7-3-1-4-8-16;3-1(4)2(5)6/h1-13,21,25,27H,14-15H2,(H,26,28);(H,3,4)(H,5,6)/t21-;/m0./s1. The van der Waals surface area contributed by atoms with E-state index in [9.17, 15) is 14.7 Å². The zero-order valence-corrected chi connectivity index (χ0v) is 19.1. The molecule has 0 unspecified atom stereocenters. The first-order valence-corrected chi connectivity index (χ1v) is 10.6. The number of rotatable bonds is 8. The van der Waals surface area contributed by atoms with Gasteiger partial charge in [0, 0.05) is 16.1 Å². The molecule has 0 aliphatic rings. The molecule has 10 heteroatoms. The van der Waals surface area contributed by atoms with Gasteiger partial charge in [-0.25, -0.2) is 9.59 Å². The minimum absolute atomic E-state index is 0.0261. The molecule has 0 aromatic heterocycles. The van der Waals surface area contributed by atoms with Crippen molar-refractivity contribution in [3.63, 3.8) is 0 Å². The van der Waals surface area contributed by atoms with Crippen LogP contribution in [0.3, 0.4) is 0 Å². The molecule has 35 heavy (non-hydrogen) atoms. The van der Waals surface area contributed by atoms with Gasteiger partial charge in [-0.15, -0.1) is 0 Å². The first-order valence-electron chi connectivity index (χ1n) is 10.3. The summed E-state index contributed by atoms with van der Waals surface area (Å²) < 4.78 is 0. The molecule has 0 bridgehead atoms. The molecule has 0 spiro atoms. The van der Waals surface area contributed by atoms with Crippen molar-refractivity contribution in [2.24, 2.45) is 0 Å². The Morgan fingerprint density at radius 1 is 0.829 bits per heavy atom. The van der Waals surface area contributed by atoms with Gasteiger partial charge in [-0.05, 0) is 23.8 Å². The second-order valence-electron chi connectivity index (χ2n) is 7.07. The number of aliphatic hydroxyl groups is 1. The highest BCUT2D eigenvalue weighted by Crippen LogP contribution is 2.24. The minimum atomic E-state index is -1.82. The zero-order chi connectivity index (χ0) is 25.8. The van der Waals surface area contributed by atoms with E-state index in [1.54, 1.807) is 42.5 Å². The molecule has 0 aliphatic heterocycles. The lowest BCUT2D eigenvalue weighted by atomic mass is 10.0. The van der Waals surface area contributed by atoms with Gasteiger partial charge in [0.05, 0.1) is 24.9 Å². The fraction of sp³-hybridized carbons (Fsp3) is 0.120. The van der Waals surface area contributed by atoms with Crippen molar-refractivity contribution in [2.75, 3.05) is 18.5 Å². The molecule has 0 fully saturated rings. The van der Waals surface area contributed by atoms with Gasteiger partial charge in [-0.2, -0.15) is 0 Å². The largest absolute Gasteiger partial charge is 0.473 e. The predicted molar refractivity (Wildman–Crippen MR) is 129 cm³/mol. The molecule has 5 N–H and O–H groups in total. The number of anilines is 1. The number of amides is 1. The third kappa shape index (κ3) is 8.67. The maximum atomic E-state index is 12.8. The van der Waals surface area contributed by atoms with E-state index in [0.29, 0.717) is 21.8 Å². The number of carbonyl (C=O) groups excluding carboxylic acids is 2. The molecule has 3 rings (SSSR count). The highest BCUT2D eigenvalue weighted by Gasteiger charge is 2.17. The van der Waals surface area contributed by atoms with Gasteiger partial charge in [-0.3, -0.25) is 14.9 Å². The topological polar surface area (TPSA) is 153 Å². The highest BCUT2D eigenvalue weighted by atomic mass is 35.5. The number of hydrogen-bond acceptors (Lipinski definition) is 6. The Kier molecular flexibility index (Phi) is 10.6. The Labute approximate surface area is 206 Å². The van der Waals surface area contributed by atoms with Gasteiger partial charge in [0.25, 0.3) is 0 Å². The molecule has 0 saturated heterocycles. The number of halogens is 1. The minimum Gasteiger partial charge on any atom is -0.473 e. The van der Waals surface area contributed by atoms with E-state index in [2.05, 4.69) is 10.6 Å². The highest BCUT2D eigenvalue weighted by molar-refractivity contribution is 6.31. The van der Waals surface area contributed by atoms with E-state index in [0.717, 1.165) is 5.56 Å². The van der Waals surface area contributed by atoms with Gasteiger partial charge in [0.15, 0.2) is 5.78 Å². The Morgan fingerprint density at radius 2 is 1.40 bits per heavy atom. The molecule has 0 saturated carbocycles. The van der Waals surface area contributed by atoms with Crippen molar-refractivity contribution in [3.05, 3.63) is 101 Å². The summed E-state index contributed by atoms with van der Waals surface area (Å²) in [4.78, 5) is 43.5. The van der Waals surface area contributed by atoms with E-state index in [1.807, 2.05) is 36.4 Å². The summed E-state index contributed by atoms with van der Waals surface area (Å²) in [6.45, 7) is -0.169. The molecule has 0 aliphatic carbocycles. The molecule has 1 amide bonds. The van der Waals surface area contributed by atoms with E-state index in [4.69, 9.17) is 31.4 Å². The second-order valence-corrected chi connectivity index (χ2v) is 7.51. The molecule has 3 aromatic rings. The average molecular weight is 499 g/mol. The zero-order valence-electron chi connectivity index (χ0n) is 18.3. The number of carbonyl (C=O) groups is 4. The third-order valence-corrected chi connectivity index (χ3v) is 4.85. The van der Waals surface area contributed by atoms with Crippen LogP contribution in [0.5, 0.6) is 0 Å². The molecule has 0 heterocycles. The van der Waals surface area contributed by atoms with Crippen LogP contribution in [0.2, 0.25) is 5.02 Å². The van der Waals surface area contributed by atoms with Crippen LogP contribution < -0.4 is 10.6 Å². The van der Waals surface area contributed by atoms with Crippen molar-refractivity contribution in [2.45, 2.75) is 6.04 Å². The number of carboxylic acids is 2. The maximum Gasteiger partial charge on any atom is 0.414 e. The first-order chi connectivity index (χ1) is 16.7. The van der Waals surface area contributed by atoms with Crippen molar-refractivity contribution < 1.29 is 34.5 Å². The summed E-state index contributed by atoms with van der Waals surface area (Å²) in [6, 6.07) is 22.6. The molecular weight excluding hydrogens is 476 g/mol. The lowest BCUT2D eigenvalue weighted by Gasteiger charge is -2.17. The number of hydrogen-bond donors (Lipinski definition) is 5. The predicted octanol–water partition coefficient (Wildman–Crippen LogP) is 2.99. The number of aliphatic carboxylic acids is 2. The Hall–Kier alpha value is -4.05. The molecule has 3 aromatic carbocycles. The summed E-state index contributed by atoms with van der Waals surface area (Å²) in [6.07, 6.45) is 0. The van der Waals surface area contributed by atoms with E-state index >= 15 is 0 Å². The van der Waals surface area contributed by atoms with Crippen LogP contribution in [0, 0.1) is 0 Å². The Balaban J connectivity index is 0.000000641. The third-order valence-electron chi connectivity index (χ3n) is 4.61. The molecule has 182 valence electrons. The van der Waals surface area contributed by atoms with E-state index in [-0.39, 0.29) is 30.9 Å². The van der Waals surface area contributed by atoms with Crippen LogP contribution >= 0.6 is 11.6 Å². The SMILES string of the molecule is O=C(CN[C@@H](CO)c1ccccc1)Nc1ccc(Cl)cc1C(=O)c1ccccc1.O=C(O)C(=O)O. The van der Waals surface area contributed by atoms with Crippen molar-refractivity contribution >= 4 is 40.9 Å². The van der Waals surface area contributed by atoms with Gasteiger partial charge in [0.2, 0.25) is 5.91 Å². The average Bonchev–Trinajstić information content (AvgIpc) is 2.86. The monoisotopic (exact) mass is 498 g/mol. The Bertz CT molecular complexity index is 1160. The van der Waals surface area contributed by atoms with Crippen molar-refractivity contribution in [1.29, 1.82) is 0 Å². The van der Waals surface area contributed by atoms with Crippen LogP contribution in [0.4, 0.5) is 5.69 Å². The molecular formula is C25H23ClN2O7. The van der Waals surface area contributed by atoms with Crippen molar-refractivity contribution in [1.82, 2.24) is 5.32 Å². The van der Waals surface area contributed by atoms with Gasteiger partial charge < -0.3 is 20.6 Å². The lowest BCUT2D eigenvalue weighted by Crippen LogP contribution is -2.33. The molecule has 9 nitrogen and oxygen atoms in total. The fourth-order valence-electron chi connectivity index (χ4n) is 2.94. The first kappa shape index (κ1) is 27.2. The van der Waals surface area contributed by atoms with Gasteiger partial charge >= 0.3 is 11.9 Å². The van der Waals surface area contributed by atoms with E-state index in [1.165, 1.54) is 0 Å². The summed E-state index contributed by atoms with van der Waals surface area (Å²) in [5.74, 6) is -4.21. The summed E-state index contributed by atoms with van der Waals surface area (Å²) >= 11 is 6.07. The molecule has 1 atom stereocenters. The number of benzene rings is 3. The fourth-order valence-corrected chi connectivity index (χ4v) is 3.11. The normalized spacial score (nSPS) is 10.9. The van der Waals surface area contributed by atoms with Crippen LogP contribution in [0.1, 0.15) is 27.5 Å². The molecule has 0 radical (unpaired) electrons. The Morgan fingerprint density at radius 3 is 1.94 bits per heavy atom. The van der Waals surface area contributed by atoms with Crippen LogP contribution in [0.25, 0.3) is 0 Å². The van der Waals surface area contributed by atoms with E-state index < -0.39 is 11.9 Å². The number of aliphatic hydroxyl groups excluding tert-OH is 1. The maximum absolute atomic E-state index is 12.8. The van der Waals surface area contributed by atoms with Crippen LogP contribution in [-0.2, 0) is 14.4 Å². The summed E-state index contributed by atoms with van der Waals surface area (Å²) in [7, 11) is 0. The van der Waals surface area contributed by atoms with Gasteiger partial charge in [-0.1, -0.05) is 72.3 Å². The van der Waals surface area contributed by atoms with Gasteiger partial charge in [0.1, 0.15) is 0 Å². The summed E-state index contributed by atoms with van der Waals surface area (Å²) in [5.41, 5.74) is 2.09. The smallest absolute Gasteiger partial charge is 0.414 e. The summed E-state index contributed by atoms with van der Waals surface area (Å²) in [5, 5.41) is 30.6. The van der Waals surface area contributed by atoms with Crippen LogP contribution in [0.15, 0.2) is 78.9 Å². The number of ketones is 1. The second kappa shape index (κ2) is 13.6. The number of carboxylic acid groups (broad SMARTS) is 2. The van der Waals surface area contributed by atoms with Crippen LogP contribution in [-0.4, -0.2) is 52.1 Å². The number of nitrogens with one attached hydrogen (secondary N) is 2. The van der Waals surface area contributed by atoms with Crippen molar-refractivity contribution in [3.8, 4) is 0 Å².